The van der Waals surface area contributed by atoms with Crippen LogP contribution in [0.4, 0.5) is 0 Å². The molecule has 3 heteroatoms. The molecule has 1 aromatic carbocycles. The van der Waals surface area contributed by atoms with Crippen molar-refractivity contribution in [1.29, 1.82) is 0 Å². The molecule has 0 saturated carbocycles. The van der Waals surface area contributed by atoms with Crippen LogP contribution < -0.4 is 0 Å². The summed E-state index contributed by atoms with van der Waals surface area (Å²) in [6.07, 6.45) is 0. The van der Waals surface area contributed by atoms with Crippen molar-refractivity contribution in [3.63, 3.8) is 0 Å². The molecule has 1 aromatic rings. The Hall–Kier alpha value is -0.240. The van der Waals surface area contributed by atoms with Crippen molar-refractivity contribution >= 4 is 23.2 Å². The number of aryl methyl sites for hydroxylation is 1. The zero-order chi connectivity index (χ0) is 12.3. The van der Waals surface area contributed by atoms with Gasteiger partial charge >= 0.3 is 0 Å². The third-order valence-electron chi connectivity index (χ3n) is 2.98. The van der Waals surface area contributed by atoms with E-state index in [0.717, 1.165) is 17.1 Å². The Morgan fingerprint density at radius 2 is 1.94 bits per heavy atom. The number of hydrogen-bond acceptors (Lipinski definition) is 1. The molecule has 1 rings (SSSR count). The lowest BCUT2D eigenvalue weighted by atomic mass is 10.0. The second kappa shape index (κ2) is 5.39. The molecule has 0 bridgehead atoms. The zero-order valence-electron chi connectivity index (χ0n) is 10.3. The largest absolute Gasteiger partial charge is 0.296 e. The van der Waals surface area contributed by atoms with E-state index in [1.807, 2.05) is 13.0 Å². The molecule has 0 spiro atoms. The van der Waals surface area contributed by atoms with E-state index < -0.39 is 0 Å². The van der Waals surface area contributed by atoms with Crippen molar-refractivity contribution in [2.75, 3.05) is 12.9 Å². The lowest BCUT2D eigenvalue weighted by molar-refractivity contribution is 0.171. The summed E-state index contributed by atoms with van der Waals surface area (Å²) in [5.74, 6) is 0.604. The number of nitrogens with zero attached hydrogens (tertiary/aromatic N) is 1. The topological polar surface area (TPSA) is 3.24 Å². The molecule has 0 N–H and O–H groups in total. The van der Waals surface area contributed by atoms with Crippen LogP contribution in [0.25, 0.3) is 0 Å². The van der Waals surface area contributed by atoms with E-state index in [9.17, 15) is 0 Å². The summed E-state index contributed by atoms with van der Waals surface area (Å²) in [4.78, 5) is 2.22. The normalized spacial score (nSPS) is 12.2. The van der Waals surface area contributed by atoms with Gasteiger partial charge in [-0.3, -0.25) is 4.90 Å². The van der Waals surface area contributed by atoms with Crippen molar-refractivity contribution in [3.8, 4) is 0 Å². The smallest absolute Gasteiger partial charge is 0.0453 e. The minimum atomic E-state index is -0.0181. The molecule has 0 unspecified atom stereocenters. The first-order valence-electron chi connectivity index (χ1n) is 5.39. The van der Waals surface area contributed by atoms with Crippen molar-refractivity contribution in [2.24, 2.45) is 0 Å². The fourth-order valence-corrected chi connectivity index (χ4v) is 1.85. The molecule has 0 fully saturated rings. The molecule has 16 heavy (non-hydrogen) atoms. The van der Waals surface area contributed by atoms with Crippen molar-refractivity contribution < 1.29 is 0 Å². The Bertz CT molecular complexity index is 361. The molecule has 0 aliphatic heterocycles. The number of alkyl halides is 1. The number of rotatable bonds is 4. The van der Waals surface area contributed by atoms with Gasteiger partial charge in [-0.05, 0) is 45.0 Å². The monoisotopic (exact) mass is 259 g/mol. The predicted molar refractivity (Wildman–Crippen MR) is 72.5 cm³/mol. The van der Waals surface area contributed by atoms with E-state index in [4.69, 9.17) is 23.2 Å². The van der Waals surface area contributed by atoms with E-state index in [0.29, 0.717) is 5.88 Å². The third kappa shape index (κ3) is 3.38. The van der Waals surface area contributed by atoms with Crippen LogP contribution in [0.5, 0.6) is 0 Å². The van der Waals surface area contributed by atoms with Crippen LogP contribution in [0, 0.1) is 6.92 Å². The average molecular weight is 260 g/mol. The Morgan fingerprint density at radius 3 is 2.44 bits per heavy atom. The molecular formula is C13H19Cl2N. The Labute approximate surface area is 108 Å². The number of benzene rings is 1. The van der Waals surface area contributed by atoms with Crippen LogP contribution in [0.3, 0.4) is 0 Å². The maximum absolute atomic E-state index is 6.21. The molecule has 0 aromatic heterocycles. The van der Waals surface area contributed by atoms with Gasteiger partial charge in [0.05, 0.1) is 0 Å². The summed E-state index contributed by atoms with van der Waals surface area (Å²) in [7, 11) is 2.07. The van der Waals surface area contributed by atoms with Crippen LogP contribution in [-0.4, -0.2) is 23.4 Å². The van der Waals surface area contributed by atoms with Crippen LogP contribution in [0.2, 0.25) is 5.02 Å². The highest BCUT2D eigenvalue weighted by molar-refractivity contribution is 6.31. The Balaban J connectivity index is 2.81. The average Bonchev–Trinajstić information content (AvgIpc) is 2.22. The van der Waals surface area contributed by atoms with Gasteiger partial charge in [-0.1, -0.05) is 23.7 Å². The molecule has 0 atom stereocenters. The summed E-state index contributed by atoms with van der Waals surface area (Å²) in [6, 6.07) is 6.17. The second-order valence-electron chi connectivity index (χ2n) is 4.90. The highest BCUT2D eigenvalue weighted by Gasteiger charge is 2.22. The predicted octanol–water partition coefficient (Wildman–Crippen LogP) is 4.10. The number of halogens is 2. The summed E-state index contributed by atoms with van der Waals surface area (Å²) < 4.78 is 0. The quantitative estimate of drug-likeness (QED) is 0.737. The first-order valence-corrected chi connectivity index (χ1v) is 6.30. The maximum Gasteiger partial charge on any atom is 0.0453 e. The lowest BCUT2D eigenvalue weighted by Crippen LogP contribution is -2.42. The first kappa shape index (κ1) is 13.8. The van der Waals surface area contributed by atoms with Crippen molar-refractivity contribution in [2.45, 2.75) is 32.9 Å². The highest BCUT2D eigenvalue weighted by Crippen LogP contribution is 2.22. The molecule has 0 aliphatic carbocycles. The summed E-state index contributed by atoms with van der Waals surface area (Å²) >= 11 is 12.2. The van der Waals surface area contributed by atoms with E-state index in [1.54, 1.807) is 0 Å². The van der Waals surface area contributed by atoms with Gasteiger partial charge in [0.15, 0.2) is 0 Å². The molecule has 0 amide bonds. The number of hydrogen-bond donors (Lipinski definition) is 0. The van der Waals surface area contributed by atoms with E-state index in [2.05, 4.69) is 37.9 Å². The third-order valence-corrected chi connectivity index (χ3v) is 3.98. The van der Waals surface area contributed by atoms with Crippen molar-refractivity contribution in [1.82, 2.24) is 4.90 Å². The summed E-state index contributed by atoms with van der Waals surface area (Å²) in [5, 5.41) is 0.831. The van der Waals surface area contributed by atoms with Gasteiger partial charge in [-0.2, -0.15) is 0 Å². The lowest BCUT2D eigenvalue weighted by Gasteiger charge is -2.34. The molecule has 0 aliphatic rings. The first-order chi connectivity index (χ1) is 7.36. The van der Waals surface area contributed by atoms with Crippen LogP contribution in [0.1, 0.15) is 25.0 Å². The maximum atomic E-state index is 6.21. The molecule has 0 saturated heterocycles. The van der Waals surface area contributed by atoms with E-state index >= 15 is 0 Å². The Kier molecular flexibility index (Phi) is 4.66. The summed E-state index contributed by atoms with van der Waals surface area (Å²) in [5.41, 5.74) is 2.32. The molecule has 90 valence electrons. The fraction of sp³-hybridized carbons (Fsp3) is 0.538. The second-order valence-corrected chi connectivity index (χ2v) is 5.57. The molecule has 0 heterocycles. The minimum absolute atomic E-state index is 0.0181. The molecular weight excluding hydrogens is 241 g/mol. The van der Waals surface area contributed by atoms with Crippen LogP contribution in [0.15, 0.2) is 18.2 Å². The minimum Gasteiger partial charge on any atom is -0.296 e. The fourth-order valence-electron chi connectivity index (χ4n) is 1.35. The van der Waals surface area contributed by atoms with Gasteiger partial charge in [-0.25, -0.2) is 0 Å². The SMILES string of the molecule is Cc1ccc(CN(C)C(C)(C)CCl)c(Cl)c1. The van der Waals surface area contributed by atoms with Gasteiger partial charge in [0.1, 0.15) is 0 Å². The highest BCUT2D eigenvalue weighted by atomic mass is 35.5. The summed E-state index contributed by atoms with van der Waals surface area (Å²) in [6.45, 7) is 7.12. The van der Waals surface area contributed by atoms with Crippen molar-refractivity contribution in [3.05, 3.63) is 34.3 Å². The van der Waals surface area contributed by atoms with Gasteiger partial charge in [0, 0.05) is 23.0 Å². The molecule has 0 radical (unpaired) electrons. The van der Waals surface area contributed by atoms with Gasteiger partial charge in [0.25, 0.3) is 0 Å². The van der Waals surface area contributed by atoms with Crippen LogP contribution >= 0.6 is 23.2 Å². The standard InChI is InChI=1S/C13H19Cl2N/c1-10-5-6-11(12(15)7-10)8-16(4)13(2,3)9-14/h5-7H,8-9H2,1-4H3. The Morgan fingerprint density at radius 1 is 1.31 bits per heavy atom. The van der Waals surface area contributed by atoms with Gasteiger partial charge in [-0.15, -0.1) is 11.6 Å². The van der Waals surface area contributed by atoms with E-state index in [-0.39, 0.29) is 5.54 Å². The zero-order valence-corrected chi connectivity index (χ0v) is 11.9. The van der Waals surface area contributed by atoms with Gasteiger partial charge in [0.2, 0.25) is 0 Å². The molecule has 1 nitrogen and oxygen atoms in total. The van der Waals surface area contributed by atoms with Crippen LogP contribution in [-0.2, 0) is 6.54 Å². The van der Waals surface area contributed by atoms with E-state index in [1.165, 1.54) is 5.56 Å². The van der Waals surface area contributed by atoms with Gasteiger partial charge < -0.3 is 0 Å².